The van der Waals surface area contributed by atoms with E-state index in [-0.39, 0.29) is 31.1 Å². The number of phenolic OH excluding ortho intramolecular Hbond substituents is 1. The number of hydrogen-bond acceptors (Lipinski definition) is 6. The maximum atomic E-state index is 13.3. The lowest BCUT2D eigenvalue weighted by atomic mass is 9.90. The number of hydrogen-bond donors (Lipinski definition) is 1. The van der Waals surface area contributed by atoms with Gasteiger partial charge in [0.1, 0.15) is 17.3 Å². The van der Waals surface area contributed by atoms with E-state index in [0.29, 0.717) is 23.3 Å². The number of ether oxygens (including phenoxy) is 1. The molecule has 0 atom stereocenters. The molecule has 0 bridgehead atoms. The summed E-state index contributed by atoms with van der Waals surface area (Å²) < 4.78 is 42.3. The quantitative estimate of drug-likeness (QED) is 0.237. The van der Waals surface area contributed by atoms with E-state index >= 15 is 0 Å². The second-order valence-electron chi connectivity index (χ2n) is 8.11. The third-order valence-electron chi connectivity index (χ3n) is 5.52. The molecule has 35 heavy (non-hydrogen) atoms. The van der Waals surface area contributed by atoms with Crippen LogP contribution in [0.3, 0.4) is 0 Å². The molecular weight excluding hydrogens is 470 g/mol. The lowest BCUT2D eigenvalue weighted by molar-refractivity contribution is 0.103. The molecule has 0 spiro atoms. The van der Waals surface area contributed by atoms with Gasteiger partial charge in [-0.3, -0.25) is 9.36 Å². The van der Waals surface area contributed by atoms with E-state index in [1.54, 1.807) is 19.9 Å². The summed E-state index contributed by atoms with van der Waals surface area (Å²) in [5, 5.41) is 10.0. The van der Waals surface area contributed by atoms with Crippen LogP contribution in [0.1, 0.15) is 52.0 Å². The van der Waals surface area contributed by atoms with Crippen LogP contribution in [-0.4, -0.2) is 30.5 Å². The number of aryl methyl sites for hydroxylation is 2. The summed E-state index contributed by atoms with van der Waals surface area (Å²) in [6.45, 7) is 7.86. The molecule has 0 heterocycles. The van der Waals surface area contributed by atoms with Gasteiger partial charge in [-0.25, -0.2) is 4.39 Å². The smallest absolute Gasteiger partial charge is 0.367 e. The van der Waals surface area contributed by atoms with Gasteiger partial charge in [-0.15, -0.1) is 0 Å². The molecule has 0 fully saturated rings. The van der Waals surface area contributed by atoms with Crippen LogP contribution in [0.5, 0.6) is 11.5 Å². The van der Waals surface area contributed by atoms with Crippen LogP contribution in [0, 0.1) is 19.7 Å². The van der Waals surface area contributed by atoms with E-state index in [2.05, 4.69) is 0 Å². The average molecular weight is 501 g/mol. The lowest BCUT2D eigenvalue weighted by Crippen LogP contribution is -2.08. The SMILES string of the molecule is CCOP(=O)(COc1cc(C)c(Cc2ccc(O)cc2C(=O)c2ccc(F)cc2)c(C)c1)OCC. The van der Waals surface area contributed by atoms with E-state index in [9.17, 15) is 18.9 Å². The van der Waals surface area contributed by atoms with Crippen LogP contribution in [0.4, 0.5) is 4.39 Å². The van der Waals surface area contributed by atoms with Crippen molar-refractivity contribution < 1.29 is 32.6 Å². The summed E-state index contributed by atoms with van der Waals surface area (Å²) in [6, 6.07) is 13.7. The number of aromatic hydroxyl groups is 1. The van der Waals surface area contributed by atoms with Crippen LogP contribution in [0.25, 0.3) is 0 Å². The Morgan fingerprint density at radius 1 is 0.943 bits per heavy atom. The molecule has 0 unspecified atom stereocenters. The van der Waals surface area contributed by atoms with E-state index in [1.165, 1.54) is 36.4 Å². The molecule has 0 radical (unpaired) electrons. The largest absolute Gasteiger partial charge is 0.508 e. The second kappa shape index (κ2) is 11.6. The molecule has 6 nitrogen and oxygen atoms in total. The highest BCUT2D eigenvalue weighted by atomic mass is 31.2. The van der Waals surface area contributed by atoms with Gasteiger partial charge < -0.3 is 18.9 Å². The van der Waals surface area contributed by atoms with E-state index in [4.69, 9.17) is 13.8 Å². The number of halogens is 1. The van der Waals surface area contributed by atoms with Gasteiger partial charge in [0.25, 0.3) is 0 Å². The highest BCUT2D eigenvalue weighted by Crippen LogP contribution is 2.48. The summed E-state index contributed by atoms with van der Waals surface area (Å²) in [5.74, 6) is -0.208. The average Bonchev–Trinajstić information content (AvgIpc) is 2.81. The van der Waals surface area contributed by atoms with Crippen molar-refractivity contribution in [2.24, 2.45) is 0 Å². The highest BCUT2D eigenvalue weighted by Gasteiger charge is 2.25. The van der Waals surface area contributed by atoms with Gasteiger partial charge in [0.15, 0.2) is 12.1 Å². The topological polar surface area (TPSA) is 82.1 Å². The molecular formula is C27H30FO6P. The molecule has 0 aliphatic rings. The van der Waals surface area contributed by atoms with E-state index < -0.39 is 13.4 Å². The maximum Gasteiger partial charge on any atom is 0.367 e. The number of phenols is 1. The van der Waals surface area contributed by atoms with Gasteiger partial charge in [-0.05, 0) is 105 Å². The molecule has 186 valence electrons. The third kappa shape index (κ3) is 6.79. The van der Waals surface area contributed by atoms with Gasteiger partial charge in [-0.2, -0.15) is 0 Å². The summed E-state index contributed by atoms with van der Waals surface area (Å²) in [7, 11) is -3.34. The Bertz CT molecular complexity index is 1210. The summed E-state index contributed by atoms with van der Waals surface area (Å²) in [6.07, 6.45) is 0.248. The minimum Gasteiger partial charge on any atom is -0.508 e. The molecule has 0 aromatic heterocycles. The zero-order valence-corrected chi connectivity index (χ0v) is 21.2. The normalized spacial score (nSPS) is 11.5. The predicted molar refractivity (Wildman–Crippen MR) is 133 cm³/mol. The first kappa shape index (κ1) is 26.6. The zero-order chi connectivity index (χ0) is 25.6. The van der Waals surface area contributed by atoms with Crippen molar-refractivity contribution in [1.29, 1.82) is 0 Å². The fourth-order valence-electron chi connectivity index (χ4n) is 3.85. The molecule has 0 aliphatic heterocycles. The summed E-state index contributed by atoms with van der Waals surface area (Å²) >= 11 is 0. The van der Waals surface area contributed by atoms with Gasteiger partial charge in [0.05, 0.1) is 13.2 Å². The molecule has 0 saturated heterocycles. The lowest BCUT2D eigenvalue weighted by Gasteiger charge is -2.19. The van der Waals surface area contributed by atoms with Gasteiger partial charge in [-0.1, -0.05) is 6.07 Å². The second-order valence-corrected chi connectivity index (χ2v) is 10.1. The van der Waals surface area contributed by atoms with Gasteiger partial charge >= 0.3 is 7.60 Å². The van der Waals surface area contributed by atoms with Gasteiger partial charge in [0, 0.05) is 11.1 Å². The standard InChI is InChI=1S/C27H30FO6P/c1-5-33-35(31,34-6-2)17-32-24-13-18(3)25(19(4)14-24)15-21-9-12-23(29)16-26(21)27(30)20-7-10-22(28)11-8-20/h7-14,16,29H,5-6,15,17H2,1-4H3. The Morgan fingerprint density at radius 3 is 2.11 bits per heavy atom. The van der Waals surface area contributed by atoms with Crippen molar-refractivity contribution in [2.75, 3.05) is 19.6 Å². The first-order valence-electron chi connectivity index (χ1n) is 11.4. The third-order valence-corrected chi connectivity index (χ3v) is 7.27. The van der Waals surface area contributed by atoms with Crippen molar-refractivity contribution in [2.45, 2.75) is 34.1 Å². The summed E-state index contributed by atoms with van der Waals surface area (Å²) in [4.78, 5) is 13.1. The minimum atomic E-state index is -3.34. The minimum absolute atomic E-state index is 0.0237. The molecule has 0 amide bonds. The van der Waals surface area contributed by atoms with E-state index in [0.717, 1.165) is 22.3 Å². The van der Waals surface area contributed by atoms with Crippen molar-refractivity contribution in [3.8, 4) is 11.5 Å². The molecule has 8 heteroatoms. The zero-order valence-electron chi connectivity index (χ0n) is 20.3. The number of carbonyl (C=O) groups is 1. The van der Waals surface area contributed by atoms with E-state index in [1.807, 2.05) is 26.0 Å². The highest BCUT2D eigenvalue weighted by molar-refractivity contribution is 7.53. The molecule has 3 aromatic rings. The molecule has 3 rings (SSSR count). The Kier molecular flexibility index (Phi) is 8.84. The Labute approximate surface area is 205 Å². The van der Waals surface area contributed by atoms with Crippen LogP contribution >= 0.6 is 7.60 Å². The predicted octanol–water partition coefficient (Wildman–Crippen LogP) is 6.57. The van der Waals surface area contributed by atoms with Crippen molar-refractivity contribution in [1.82, 2.24) is 0 Å². The molecule has 0 saturated carbocycles. The van der Waals surface area contributed by atoms with Crippen LogP contribution in [0.2, 0.25) is 0 Å². The summed E-state index contributed by atoms with van der Waals surface area (Å²) in [5.41, 5.74) is 4.27. The Hall–Kier alpha value is -2.99. The van der Waals surface area contributed by atoms with Crippen LogP contribution in [0.15, 0.2) is 54.6 Å². The molecule has 0 aliphatic carbocycles. The maximum absolute atomic E-state index is 13.3. The van der Waals surface area contributed by atoms with Crippen molar-refractivity contribution in [3.63, 3.8) is 0 Å². The number of benzene rings is 3. The Morgan fingerprint density at radius 2 is 1.54 bits per heavy atom. The molecule has 1 N–H and O–H groups in total. The van der Waals surface area contributed by atoms with Crippen molar-refractivity contribution >= 4 is 13.4 Å². The first-order chi connectivity index (χ1) is 16.7. The number of ketones is 1. The monoisotopic (exact) mass is 500 g/mol. The number of rotatable bonds is 11. The molecule has 3 aromatic carbocycles. The first-order valence-corrected chi connectivity index (χ1v) is 13.1. The van der Waals surface area contributed by atoms with Crippen molar-refractivity contribution in [3.05, 3.63) is 93.8 Å². The van der Waals surface area contributed by atoms with Gasteiger partial charge in [0.2, 0.25) is 0 Å². The van der Waals surface area contributed by atoms with Crippen LogP contribution < -0.4 is 4.74 Å². The fourth-order valence-corrected chi connectivity index (χ4v) is 5.17. The Balaban J connectivity index is 1.86. The number of carbonyl (C=O) groups excluding carboxylic acids is 1. The fraction of sp³-hybridized carbons (Fsp3) is 0.296. The van der Waals surface area contributed by atoms with Crippen LogP contribution in [-0.2, 0) is 20.0 Å².